The Morgan fingerprint density at radius 1 is 1.18 bits per heavy atom. The second-order valence-electron chi connectivity index (χ2n) is 4.28. The van der Waals surface area contributed by atoms with Gasteiger partial charge in [-0.15, -0.1) is 0 Å². The maximum absolute atomic E-state index is 8.76. The van der Waals surface area contributed by atoms with Gasteiger partial charge < -0.3 is 4.74 Å². The summed E-state index contributed by atoms with van der Waals surface area (Å²) in [7, 11) is 0. The summed E-state index contributed by atoms with van der Waals surface area (Å²) in [5, 5.41) is 8.76. The fraction of sp³-hybridized carbons (Fsp3) is 0.533. The van der Waals surface area contributed by atoms with Crippen molar-refractivity contribution in [3.8, 4) is 6.07 Å². The van der Waals surface area contributed by atoms with E-state index in [-0.39, 0.29) is 0 Å². The number of ether oxygens (including phenoxy) is 1. The standard InChI is InChI=1S/C15H21NO/c1-2-3-4-5-6-10-17-13-15-9-7-8-14(11-15)12-16/h7-9,11H,2-6,10,13H2,1H3. The first-order chi connectivity index (χ1) is 8.36. The van der Waals surface area contributed by atoms with Crippen molar-refractivity contribution < 1.29 is 4.74 Å². The van der Waals surface area contributed by atoms with Crippen LogP contribution in [-0.4, -0.2) is 6.61 Å². The molecule has 0 aliphatic rings. The quantitative estimate of drug-likeness (QED) is 0.632. The van der Waals surface area contributed by atoms with Crippen LogP contribution < -0.4 is 0 Å². The molecule has 2 nitrogen and oxygen atoms in total. The maximum Gasteiger partial charge on any atom is 0.0991 e. The molecule has 0 atom stereocenters. The van der Waals surface area contributed by atoms with Gasteiger partial charge in [-0.05, 0) is 24.1 Å². The molecule has 0 N–H and O–H groups in total. The lowest BCUT2D eigenvalue weighted by Gasteiger charge is -2.04. The zero-order chi connectivity index (χ0) is 12.3. The third kappa shape index (κ3) is 6.09. The van der Waals surface area contributed by atoms with E-state index < -0.39 is 0 Å². The Morgan fingerprint density at radius 3 is 2.76 bits per heavy atom. The van der Waals surface area contributed by atoms with Gasteiger partial charge in [-0.1, -0.05) is 44.7 Å². The molecule has 0 saturated carbocycles. The molecule has 0 heterocycles. The van der Waals surface area contributed by atoms with Gasteiger partial charge >= 0.3 is 0 Å². The van der Waals surface area contributed by atoms with Crippen molar-refractivity contribution in [1.82, 2.24) is 0 Å². The minimum Gasteiger partial charge on any atom is -0.377 e. The van der Waals surface area contributed by atoms with Crippen molar-refractivity contribution in [2.75, 3.05) is 6.61 Å². The smallest absolute Gasteiger partial charge is 0.0991 e. The van der Waals surface area contributed by atoms with Crippen molar-refractivity contribution in [1.29, 1.82) is 5.26 Å². The molecular weight excluding hydrogens is 210 g/mol. The van der Waals surface area contributed by atoms with Crippen LogP contribution in [0.15, 0.2) is 24.3 Å². The van der Waals surface area contributed by atoms with E-state index >= 15 is 0 Å². The Morgan fingerprint density at radius 2 is 2.00 bits per heavy atom. The highest BCUT2D eigenvalue weighted by Crippen LogP contribution is 2.07. The van der Waals surface area contributed by atoms with Crippen LogP contribution in [0.4, 0.5) is 0 Å². The number of nitrogens with zero attached hydrogens (tertiary/aromatic N) is 1. The summed E-state index contributed by atoms with van der Waals surface area (Å²) in [6, 6.07) is 9.74. The topological polar surface area (TPSA) is 33.0 Å². The van der Waals surface area contributed by atoms with Crippen LogP contribution >= 0.6 is 0 Å². The fourth-order valence-corrected chi connectivity index (χ4v) is 1.73. The highest BCUT2D eigenvalue weighted by molar-refractivity contribution is 5.32. The van der Waals surface area contributed by atoms with E-state index in [0.717, 1.165) is 18.6 Å². The third-order valence-electron chi connectivity index (χ3n) is 2.72. The van der Waals surface area contributed by atoms with Gasteiger partial charge in [0.2, 0.25) is 0 Å². The minimum absolute atomic E-state index is 0.614. The molecule has 0 aliphatic heterocycles. The molecule has 0 radical (unpaired) electrons. The Kier molecular flexibility index (Phi) is 7.09. The second-order valence-corrected chi connectivity index (χ2v) is 4.28. The van der Waals surface area contributed by atoms with Gasteiger partial charge in [-0.3, -0.25) is 0 Å². The minimum atomic E-state index is 0.614. The largest absolute Gasteiger partial charge is 0.377 e. The van der Waals surface area contributed by atoms with Crippen molar-refractivity contribution in [3.05, 3.63) is 35.4 Å². The molecule has 17 heavy (non-hydrogen) atoms. The van der Waals surface area contributed by atoms with Crippen molar-refractivity contribution in [2.45, 2.75) is 45.6 Å². The number of rotatable bonds is 8. The number of benzene rings is 1. The van der Waals surface area contributed by atoms with E-state index in [1.807, 2.05) is 24.3 Å². The molecule has 92 valence electrons. The van der Waals surface area contributed by atoms with Gasteiger partial charge in [0.25, 0.3) is 0 Å². The lowest BCUT2D eigenvalue weighted by atomic mass is 10.1. The van der Waals surface area contributed by atoms with Gasteiger partial charge in [0.15, 0.2) is 0 Å². The number of nitriles is 1. The van der Waals surface area contributed by atoms with Crippen LogP contribution in [0.5, 0.6) is 0 Å². The summed E-state index contributed by atoms with van der Waals surface area (Å²) >= 11 is 0. The first kappa shape index (κ1) is 13.7. The lowest BCUT2D eigenvalue weighted by Crippen LogP contribution is -1.96. The normalized spacial score (nSPS) is 10.1. The summed E-state index contributed by atoms with van der Waals surface area (Å²) in [5.74, 6) is 0. The van der Waals surface area contributed by atoms with Gasteiger partial charge in [-0.2, -0.15) is 5.26 Å². The molecule has 0 unspecified atom stereocenters. The summed E-state index contributed by atoms with van der Waals surface area (Å²) < 4.78 is 5.59. The van der Waals surface area contributed by atoms with Crippen LogP contribution in [-0.2, 0) is 11.3 Å². The summed E-state index contributed by atoms with van der Waals surface area (Å²) in [6.07, 6.45) is 6.31. The SMILES string of the molecule is CCCCCCCOCc1cccc(C#N)c1. The zero-order valence-corrected chi connectivity index (χ0v) is 10.6. The number of hydrogen-bond acceptors (Lipinski definition) is 2. The molecule has 1 rings (SSSR count). The van der Waals surface area contributed by atoms with Crippen molar-refractivity contribution >= 4 is 0 Å². The molecule has 0 spiro atoms. The molecule has 0 amide bonds. The average Bonchev–Trinajstić information content (AvgIpc) is 2.38. The maximum atomic E-state index is 8.76. The van der Waals surface area contributed by atoms with Crippen LogP contribution in [0.2, 0.25) is 0 Å². The average molecular weight is 231 g/mol. The van der Waals surface area contributed by atoms with Crippen LogP contribution in [0.3, 0.4) is 0 Å². The van der Waals surface area contributed by atoms with Gasteiger partial charge in [0.1, 0.15) is 0 Å². The monoisotopic (exact) mass is 231 g/mol. The molecular formula is C15H21NO. The van der Waals surface area contributed by atoms with Gasteiger partial charge in [-0.25, -0.2) is 0 Å². The molecule has 2 heteroatoms. The lowest BCUT2D eigenvalue weighted by molar-refractivity contribution is 0.116. The van der Waals surface area contributed by atoms with E-state index in [2.05, 4.69) is 13.0 Å². The first-order valence-corrected chi connectivity index (χ1v) is 6.43. The predicted molar refractivity (Wildman–Crippen MR) is 69.6 cm³/mol. The van der Waals surface area contributed by atoms with Crippen molar-refractivity contribution in [2.24, 2.45) is 0 Å². The van der Waals surface area contributed by atoms with E-state index in [9.17, 15) is 0 Å². The third-order valence-corrected chi connectivity index (χ3v) is 2.72. The summed E-state index contributed by atoms with van der Waals surface area (Å²) in [5.41, 5.74) is 1.78. The number of unbranched alkanes of at least 4 members (excludes halogenated alkanes) is 4. The zero-order valence-electron chi connectivity index (χ0n) is 10.6. The van der Waals surface area contributed by atoms with E-state index in [0.29, 0.717) is 12.2 Å². The van der Waals surface area contributed by atoms with Gasteiger partial charge in [0, 0.05) is 6.61 Å². The molecule has 0 bridgehead atoms. The van der Waals surface area contributed by atoms with E-state index in [4.69, 9.17) is 10.00 Å². The van der Waals surface area contributed by atoms with Crippen LogP contribution in [0, 0.1) is 11.3 Å². The van der Waals surface area contributed by atoms with Crippen LogP contribution in [0.1, 0.15) is 50.2 Å². The molecule has 0 fully saturated rings. The summed E-state index contributed by atoms with van der Waals surface area (Å²) in [4.78, 5) is 0. The fourth-order valence-electron chi connectivity index (χ4n) is 1.73. The molecule has 1 aromatic rings. The molecule has 0 aliphatic carbocycles. The van der Waals surface area contributed by atoms with Crippen molar-refractivity contribution in [3.63, 3.8) is 0 Å². The molecule has 0 aromatic heterocycles. The van der Waals surface area contributed by atoms with E-state index in [1.165, 1.54) is 25.7 Å². The Hall–Kier alpha value is -1.33. The highest BCUT2D eigenvalue weighted by atomic mass is 16.5. The Labute approximate surface area is 104 Å². The first-order valence-electron chi connectivity index (χ1n) is 6.43. The van der Waals surface area contributed by atoms with Crippen LogP contribution in [0.25, 0.3) is 0 Å². The van der Waals surface area contributed by atoms with E-state index in [1.54, 1.807) is 0 Å². The molecule has 0 saturated heterocycles. The second kappa shape index (κ2) is 8.78. The highest BCUT2D eigenvalue weighted by Gasteiger charge is 1.96. The number of hydrogen-bond donors (Lipinski definition) is 0. The summed E-state index contributed by atoms with van der Waals surface area (Å²) in [6.45, 7) is 3.66. The Balaban J connectivity index is 2.12. The molecule has 1 aromatic carbocycles. The van der Waals surface area contributed by atoms with Gasteiger partial charge in [0.05, 0.1) is 18.2 Å². The Bertz CT molecular complexity index is 354. The predicted octanol–water partition coefficient (Wildman–Crippen LogP) is 4.05.